The molecule has 1 aromatic heterocycles. The Hall–Kier alpha value is -2.51. The van der Waals surface area contributed by atoms with Crippen molar-refractivity contribution < 1.29 is 13.2 Å². The molecule has 0 aliphatic heterocycles. The highest BCUT2D eigenvalue weighted by Crippen LogP contribution is 2.21. The summed E-state index contributed by atoms with van der Waals surface area (Å²) in [4.78, 5) is 16.8. The van der Waals surface area contributed by atoms with Crippen molar-refractivity contribution in [3.63, 3.8) is 0 Å². The number of benzene rings is 2. The molecule has 140 valence electrons. The van der Waals surface area contributed by atoms with Crippen LogP contribution in [0.1, 0.15) is 20.9 Å². The molecule has 1 heterocycles. The Kier molecular flexibility index (Phi) is 5.72. The SMILES string of the molecule is Cc1nc(-c2ccc(CCNC(=O)c3ccc(S(C)(=O)=O)cc3)cc2)cs1. The molecule has 0 unspecified atom stereocenters. The van der Waals surface area contributed by atoms with Crippen LogP contribution in [0.15, 0.2) is 58.8 Å². The minimum atomic E-state index is -3.26. The summed E-state index contributed by atoms with van der Waals surface area (Å²) < 4.78 is 22.9. The van der Waals surface area contributed by atoms with Gasteiger partial charge in [0.25, 0.3) is 5.91 Å². The van der Waals surface area contributed by atoms with Crippen LogP contribution in [0.5, 0.6) is 0 Å². The first-order valence-electron chi connectivity index (χ1n) is 8.43. The number of amides is 1. The van der Waals surface area contributed by atoms with Crippen molar-refractivity contribution in [1.82, 2.24) is 10.3 Å². The lowest BCUT2D eigenvalue weighted by Crippen LogP contribution is -2.25. The summed E-state index contributed by atoms with van der Waals surface area (Å²) in [6, 6.07) is 14.1. The predicted molar refractivity (Wildman–Crippen MR) is 108 cm³/mol. The normalized spacial score (nSPS) is 11.3. The molecule has 0 aliphatic carbocycles. The van der Waals surface area contributed by atoms with E-state index in [-0.39, 0.29) is 10.8 Å². The number of aromatic nitrogens is 1. The number of nitrogens with one attached hydrogen (secondary N) is 1. The van der Waals surface area contributed by atoms with E-state index in [9.17, 15) is 13.2 Å². The van der Waals surface area contributed by atoms with E-state index in [4.69, 9.17) is 0 Å². The largest absolute Gasteiger partial charge is 0.352 e. The molecule has 0 fully saturated rings. The van der Waals surface area contributed by atoms with Crippen molar-refractivity contribution in [2.24, 2.45) is 0 Å². The molecule has 7 heteroatoms. The number of thiazole rings is 1. The number of nitrogens with zero attached hydrogens (tertiary/aromatic N) is 1. The summed E-state index contributed by atoms with van der Waals surface area (Å²) in [5.41, 5.74) is 3.63. The van der Waals surface area contributed by atoms with Gasteiger partial charge in [-0.05, 0) is 43.2 Å². The maximum absolute atomic E-state index is 12.2. The Morgan fingerprint density at radius 2 is 1.74 bits per heavy atom. The molecule has 1 amide bonds. The van der Waals surface area contributed by atoms with Gasteiger partial charge >= 0.3 is 0 Å². The van der Waals surface area contributed by atoms with Crippen LogP contribution in [0.3, 0.4) is 0 Å². The minimum absolute atomic E-state index is 0.203. The van der Waals surface area contributed by atoms with E-state index in [0.29, 0.717) is 18.5 Å². The van der Waals surface area contributed by atoms with E-state index in [1.54, 1.807) is 11.3 Å². The van der Waals surface area contributed by atoms with Gasteiger partial charge in [-0.1, -0.05) is 24.3 Å². The van der Waals surface area contributed by atoms with Gasteiger partial charge in [0.2, 0.25) is 0 Å². The van der Waals surface area contributed by atoms with Crippen molar-refractivity contribution in [2.45, 2.75) is 18.2 Å². The second-order valence-corrected chi connectivity index (χ2v) is 9.33. The predicted octanol–water partition coefficient (Wildman–Crippen LogP) is 3.49. The van der Waals surface area contributed by atoms with E-state index < -0.39 is 9.84 Å². The number of sulfone groups is 1. The molecule has 3 aromatic rings. The first-order chi connectivity index (χ1) is 12.8. The third kappa shape index (κ3) is 5.02. The molecule has 1 N–H and O–H groups in total. The number of hydrogen-bond donors (Lipinski definition) is 1. The van der Waals surface area contributed by atoms with Gasteiger partial charge in [-0.25, -0.2) is 13.4 Å². The number of rotatable bonds is 6. The fraction of sp³-hybridized carbons (Fsp3) is 0.200. The van der Waals surface area contributed by atoms with E-state index in [1.165, 1.54) is 24.3 Å². The van der Waals surface area contributed by atoms with Crippen molar-refractivity contribution in [1.29, 1.82) is 0 Å². The summed E-state index contributed by atoms with van der Waals surface area (Å²) in [5.74, 6) is -0.218. The lowest BCUT2D eigenvalue weighted by Gasteiger charge is -2.07. The van der Waals surface area contributed by atoms with E-state index in [1.807, 2.05) is 36.6 Å². The molecule has 0 aliphatic rings. The van der Waals surface area contributed by atoms with Crippen LogP contribution >= 0.6 is 11.3 Å². The first kappa shape index (κ1) is 19.3. The van der Waals surface area contributed by atoms with Crippen LogP contribution in [-0.2, 0) is 16.3 Å². The molecule has 27 heavy (non-hydrogen) atoms. The van der Waals surface area contributed by atoms with E-state index in [0.717, 1.165) is 28.1 Å². The highest BCUT2D eigenvalue weighted by molar-refractivity contribution is 7.90. The zero-order chi connectivity index (χ0) is 19.4. The number of carbonyl (C=O) groups is 1. The van der Waals surface area contributed by atoms with Crippen LogP contribution in [0.25, 0.3) is 11.3 Å². The van der Waals surface area contributed by atoms with Crippen molar-refractivity contribution in [2.75, 3.05) is 12.8 Å². The standard InChI is InChI=1S/C20H20N2O3S2/c1-14-22-19(13-26-14)16-5-3-15(4-6-16)11-12-21-20(23)17-7-9-18(10-8-17)27(2,24)25/h3-10,13H,11-12H2,1-2H3,(H,21,23). The zero-order valence-corrected chi connectivity index (χ0v) is 16.7. The van der Waals surface area contributed by atoms with Crippen molar-refractivity contribution in [3.8, 4) is 11.3 Å². The average molecular weight is 401 g/mol. The summed E-state index contributed by atoms with van der Waals surface area (Å²) in [5, 5.41) is 5.94. The Morgan fingerprint density at radius 1 is 1.07 bits per heavy atom. The average Bonchev–Trinajstić information content (AvgIpc) is 3.08. The third-order valence-electron chi connectivity index (χ3n) is 4.11. The lowest BCUT2D eigenvalue weighted by atomic mass is 10.1. The molecular weight excluding hydrogens is 380 g/mol. The third-order valence-corrected chi connectivity index (χ3v) is 6.01. The smallest absolute Gasteiger partial charge is 0.251 e. The van der Waals surface area contributed by atoms with Crippen molar-refractivity contribution >= 4 is 27.1 Å². The molecular formula is C20H20N2O3S2. The monoisotopic (exact) mass is 400 g/mol. The van der Waals surface area contributed by atoms with E-state index >= 15 is 0 Å². The van der Waals surface area contributed by atoms with Crippen LogP contribution in [0, 0.1) is 6.92 Å². The molecule has 5 nitrogen and oxygen atoms in total. The maximum Gasteiger partial charge on any atom is 0.251 e. The second-order valence-electron chi connectivity index (χ2n) is 6.25. The zero-order valence-electron chi connectivity index (χ0n) is 15.1. The Bertz CT molecular complexity index is 1040. The van der Waals surface area contributed by atoms with Gasteiger partial charge in [-0.2, -0.15) is 0 Å². The molecule has 0 saturated heterocycles. The maximum atomic E-state index is 12.2. The fourth-order valence-corrected chi connectivity index (χ4v) is 3.87. The highest BCUT2D eigenvalue weighted by Gasteiger charge is 2.09. The summed E-state index contributed by atoms with van der Waals surface area (Å²) in [6.07, 6.45) is 1.85. The fourth-order valence-electron chi connectivity index (χ4n) is 2.61. The van der Waals surface area contributed by atoms with Gasteiger partial charge in [0.15, 0.2) is 9.84 Å². The molecule has 0 radical (unpaired) electrons. The quantitative estimate of drug-likeness (QED) is 0.687. The molecule has 0 saturated carbocycles. The Labute approximate surface area is 163 Å². The van der Waals surface area contributed by atoms with Crippen LogP contribution < -0.4 is 5.32 Å². The second kappa shape index (κ2) is 8.02. The molecule has 2 aromatic carbocycles. The Balaban J connectivity index is 1.54. The molecule has 0 bridgehead atoms. The van der Waals surface area contributed by atoms with Crippen LogP contribution in [0.2, 0.25) is 0 Å². The van der Waals surface area contributed by atoms with Gasteiger partial charge in [0.1, 0.15) is 0 Å². The van der Waals surface area contributed by atoms with Crippen LogP contribution in [-0.4, -0.2) is 32.1 Å². The Morgan fingerprint density at radius 3 is 2.30 bits per heavy atom. The molecule has 3 rings (SSSR count). The number of aryl methyl sites for hydroxylation is 1. The van der Waals surface area contributed by atoms with Gasteiger partial charge in [0.05, 0.1) is 15.6 Å². The van der Waals surface area contributed by atoms with Crippen LogP contribution in [0.4, 0.5) is 0 Å². The summed E-state index contributed by atoms with van der Waals surface area (Å²) >= 11 is 1.63. The van der Waals surface area contributed by atoms with Gasteiger partial charge in [-0.15, -0.1) is 11.3 Å². The number of hydrogen-bond acceptors (Lipinski definition) is 5. The summed E-state index contributed by atoms with van der Waals surface area (Å²) in [6.45, 7) is 2.49. The molecule has 0 atom stereocenters. The molecule has 0 spiro atoms. The van der Waals surface area contributed by atoms with Crippen molar-refractivity contribution in [3.05, 3.63) is 70.0 Å². The highest BCUT2D eigenvalue weighted by atomic mass is 32.2. The van der Waals surface area contributed by atoms with E-state index in [2.05, 4.69) is 10.3 Å². The summed E-state index contributed by atoms with van der Waals surface area (Å²) in [7, 11) is -3.26. The van der Waals surface area contributed by atoms with Gasteiger partial charge in [-0.3, -0.25) is 4.79 Å². The minimum Gasteiger partial charge on any atom is -0.352 e. The van der Waals surface area contributed by atoms with Gasteiger partial charge < -0.3 is 5.32 Å². The topological polar surface area (TPSA) is 76.1 Å². The number of carbonyl (C=O) groups excluding carboxylic acids is 1. The first-order valence-corrected chi connectivity index (χ1v) is 11.2. The lowest BCUT2D eigenvalue weighted by molar-refractivity contribution is 0.0954. The van der Waals surface area contributed by atoms with Gasteiger partial charge in [0, 0.05) is 29.3 Å².